The number of benzene rings is 1. The second kappa shape index (κ2) is 4.10. The maximum absolute atomic E-state index is 11.8. The molecule has 0 aliphatic carbocycles. The van der Waals surface area contributed by atoms with Gasteiger partial charge in [-0.25, -0.2) is 0 Å². The Kier molecular flexibility index (Phi) is 2.79. The number of ketones is 1. The van der Waals surface area contributed by atoms with Gasteiger partial charge in [0.2, 0.25) is 0 Å². The zero-order chi connectivity index (χ0) is 11.6. The van der Waals surface area contributed by atoms with E-state index in [0.29, 0.717) is 6.61 Å². The molecule has 0 aromatic heterocycles. The lowest BCUT2D eigenvalue weighted by atomic mass is 10.0. The van der Waals surface area contributed by atoms with E-state index in [-0.39, 0.29) is 5.78 Å². The molecule has 0 saturated carbocycles. The van der Waals surface area contributed by atoms with Crippen molar-refractivity contribution in [1.29, 1.82) is 0 Å². The van der Waals surface area contributed by atoms with Crippen molar-refractivity contribution >= 4 is 11.5 Å². The van der Waals surface area contributed by atoms with Crippen LogP contribution in [0.4, 0.5) is 0 Å². The number of carbonyl (C=O) groups is 1. The summed E-state index contributed by atoms with van der Waals surface area (Å²) < 4.78 is 5.12. The lowest BCUT2D eigenvalue weighted by Gasteiger charge is -2.07. The second-order valence-electron chi connectivity index (χ2n) is 4.06. The Morgan fingerprint density at radius 1 is 1.44 bits per heavy atom. The van der Waals surface area contributed by atoms with Gasteiger partial charge in [-0.2, -0.15) is 0 Å². The number of rotatable bonds is 4. The zero-order valence-corrected chi connectivity index (χ0v) is 9.49. The summed E-state index contributed by atoms with van der Waals surface area (Å²) in [4.78, 5) is 11.8. The average Bonchev–Trinajstić information content (AvgIpc) is 3.06. The number of hydrogen-bond donors (Lipinski definition) is 1. The third kappa shape index (κ3) is 2.14. The minimum absolute atomic E-state index is 0.0145. The average molecular weight is 217 g/mol. The van der Waals surface area contributed by atoms with E-state index in [0.717, 1.165) is 11.3 Å². The van der Waals surface area contributed by atoms with E-state index in [9.17, 15) is 4.79 Å². The van der Waals surface area contributed by atoms with Gasteiger partial charge in [-0.1, -0.05) is 30.3 Å². The van der Waals surface area contributed by atoms with Crippen LogP contribution in [0, 0.1) is 0 Å². The first-order valence-electron chi connectivity index (χ1n) is 5.29. The molecule has 1 aromatic carbocycles. The molecule has 1 atom stereocenters. The normalized spacial score (nSPS) is 24.0. The molecule has 1 N–H and O–H groups in total. The molecule has 1 unspecified atom stereocenters. The van der Waals surface area contributed by atoms with Crippen LogP contribution in [0.3, 0.4) is 0 Å². The zero-order valence-electron chi connectivity index (χ0n) is 9.49. The summed E-state index contributed by atoms with van der Waals surface area (Å²) in [5, 5.41) is 3.03. The molecule has 1 aliphatic heterocycles. The van der Waals surface area contributed by atoms with Crippen molar-refractivity contribution in [1.82, 2.24) is 5.32 Å². The fraction of sp³-hybridized carbons (Fsp3) is 0.308. The van der Waals surface area contributed by atoms with Crippen LogP contribution in [0.5, 0.6) is 0 Å². The first-order valence-corrected chi connectivity index (χ1v) is 5.29. The third-order valence-electron chi connectivity index (χ3n) is 2.73. The summed E-state index contributed by atoms with van der Waals surface area (Å²) >= 11 is 0. The van der Waals surface area contributed by atoms with Gasteiger partial charge < -0.3 is 10.1 Å². The Morgan fingerprint density at radius 3 is 2.56 bits per heavy atom. The SMILES string of the molecule is CNC(=CC(=O)C1(C)CO1)c1ccccc1. The van der Waals surface area contributed by atoms with Crippen LogP contribution in [0.2, 0.25) is 0 Å². The van der Waals surface area contributed by atoms with Gasteiger partial charge in [0, 0.05) is 18.8 Å². The molecule has 1 heterocycles. The fourth-order valence-corrected chi connectivity index (χ4v) is 1.45. The number of nitrogens with one attached hydrogen (secondary N) is 1. The fourth-order valence-electron chi connectivity index (χ4n) is 1.45. The van der Waals surface area contributed by atoms with Gasteiger partial charge in [-0.05, 0) is 12.5 Å². The van der Waals surface area contributed by atoms with Gasteiger partial charge in [0.15, 0.2) is 11.4 Å². The van der Waals surface area contributed by atoms with Crippen molar-refractivity contribution in [3.05, 3.63) is 42.0 Å². The van der Waals surface area contributed by atoms with Crippen LogP contribution in [-0.2, 0) is 9.53 Å². The number of carbonyl (C=O) groups excluding carboxylic acids is 1. The molecule has 1 fully saturated rings. The summed E-state index contributed by atoms with van der Waals surface area (Å²) in [5.41, 5.74) is 1.24. The molecular weight excluding hydrogens is 202 g/mol. The Bertz CT molecular complexity index is 419. The van der Waals surface area contributed by atoms with E-state index in [1.165, 1.54) is 0 Å². The first-order chi connectivity index (χ1) is 7.65. The maximum atomic E-state index is 11.8. The van der Waals surface area contributed by atoms with Crippen LogP contribution in [-0.4, -0.2) is 25.0 Å². The molecule has 1 aliphatic rings. The highest BCUT2D eigenvalue weighted by molar-refractivity contribution is 6.03. The van der Waals surface area contributed by atoms with Crippen molar-refractivity contribution in [3.63, 3.8) is 0 Å². The third-order valence-corrected chi connectivity index (χ3v) is 2.73. The summed E-state index contributed by atoms with van der Waals surface area (Å²) in [5.74, 6) is 0.0145. The molecule has 3 nitrogen and oxygen atoms in total. The van der Waals surface area contributed by atoms with Crippen molar-refractivity contribution in [2.75, 3.05) is 13.7 Å². The van der Waals surface area contributed by atoms with Crippen molar-refractivity contribution < 1.29 is 9.53 Å². The van der Waals surface area contributed by atoms with Crippen LogP contribution in [0.25, 0.3) is 5.70 Å². The summed E-state index contributed by atoms with van der Waals surface area (Å²) in [7, 11) is 1.81. The highest BCUT2D eigenvalue weighted by Crippen LogP contribution is 2.28. The lowest BCUT2D eigenvalue weighted by Crippen LogP contribution is -2.19. The molecule has 0 spiro atoms. The van der Waals surface area contributed by atoms with E-state index in [4.69, 9.17) is 4.74 Å². The van der Waals surface area contributed by atoms with Crippen LogP contribution in [0.1, 0.15) is 12.5 Å². The van der Waals surface area contributed by atoms with Crippen molar-refractivity contribution in [2.45, 2.75) is 12.5 Å². The standard InChI is InChI=1S/C13H15NO2/c1-13(9-16-13)12(15)8-11(14-2)10-6-4-3-5-7-10/h3-8,14H,9H2,1-2H3. The molecule has 0 radical (unpaired) electrons. The minimum atomic E-state index is -0.586. The van der Waals surface area contributed by atoms with Gasteiger partial charge in [0.05, 0.1) is 6.61 Å². The largest absolute Gasteiger partial charge is 0.388 e. The number of ether oxygens (including phenoxy) is 1. The summed E-state index contributed by atoms with van der Waals surface area (Å²) in [6, 6.07) is 9.77. The van der Waals surface area contributed by atoms with Crippen molar-refractivity contribution in [2.24, 2.45) is 0 Å². The van der Waals surface area contributed by atoms with E-state index < -0.39 is 5.60 Å². The predicted molar refractivity (Wildman–Crippen MR) is 62.8 cm³/mol. The van der Waals surface area contributed by atoms with E-state index in [1.807, 2.05) is 44.3 Å². The van der Waals surface area contributed by atoms with Crippen LogP contribution >= 0.6 is 0 Å². The van der Waals surface area contributed by atoms with Gasteiger partial charge in [-0.15, -0.1) is 0 Å². The van der Waals surface area contributed by atoms with Gasteiger partial charge >= 0.3 is 0 Å². The molecular formula is C13H15NO2. The maximum Gasteiger partial charge on any atom is 0.191 e. The van der Waals surface area contributed by atoms with Gasteiger partial charge in [0.25, 0.3) is 0 Å². The quantitative estimate of drug-likeness (QED) is 0.615. The molecule has 0 amide bonds. The first kappa shape index (κ1) is 10.9. The topological polar surface area (TPSA) is 41.6 Å². The monoisotopic (exact) mass is 217 g/mol. The minimum Gasteiger partial charge on any atom is -0.388 e. The molecule has 84 valence electrons. The highest BCUT2D eigenvalue weighted by atomic mass is 16.6. The Morgan fingerprint density at radius 2 is 2.06 bits per heavy atom. The summed E-state index contributed by atoms with van der Waals surface area (Å²) in [6.45, 7) is 2.33. The van der Waals surface area contributed by atoms with Gasteiger partial charge in [-0.3, -0.25) is 4.79 Å². The second-order valence-corrected chi connectivity index (χ2v) is 4.06. The Labute approximate surface area is 95.1 Å². The molecule has 2 rings (SSSR count). The lowest BCUT2D eigenvalue weighted by molar-refractivity contribution is -0.118. The van der Waals surface area contributed by atoms with Gasteiger partial charge in [0.1, 0.15) is 0 Å². The van der Waals surface area contributed by atoms with E-state index >= 15 is 0 Å². The van der Waals surface area contributed by atoms with Crippen LogP contribution in [0.15, 0.2) is 36.4 Å². The highest BCUT2D eigenvalue weighted by Gasteiger charge is 2.45. The van der Waals surface area contributed by atoms with E-state index in [2.05, 4.69) is 5.32 Å². The van der Waals surface area contributed by atoms with Crippen molar-refractivity contribution in [3.8, 4) is 0 Å². The Balaban J connectivity index is 2.23. The smallest absolute Gasteiger partial charge is 0.191 e. The molecule has 1 saturated heterocycles. The number of epoxide rings is 1. The van der Waals surface area contributed by atoms with Crippen LogP contribution < -0.4 is 5.32 Å². The molecule has 16 heavy (non-hydrogen) atoms. The van der Waals surface area contributed by atoms with E-state index in [1.54, 1.807) is 6.08 Å². The number of hydrogen-bond acceptors (Lipinski definition) is 3. The Hall–Kier alpha value is -1.61. The molecule has 1 aromatic rings. The summed E-state index contributed by atoms with van der Waals surface area (Å²) in [6.07, 6.45) is 1.61. The molecule has 3 heteroatoms. The molecule has 0 bridgehead atoms. The predicted octanol–water partition coefficient (Wildman–Crippen LogP) is 1.60.